The van der Waals surface area contributed by atoms with Crippen LogP contribution >= 0.6 is 0 Å². The molecule has 0 aromatic heterocycles. The van der Waals surface area contributed by atoms with Crippen molar-refractivity contribution in [2.24, 2.45) is 23.5 Å². The zero-order chi connectivity index (χ0) is 13.1. The van der Waals surface area contributed by atoms with Gasteiger partial charge in [-0.05, 0) is 31.6 Å². The van der Waals surface area contributed by atoms with Gasteiger partial charge in [-0.3, -0.25) is 9.59 Å². The lowest BCUT2D eigenvalue weighted by molar-refractivity contribution is -0.135. The molecule has 0 aromatic rings. The van der Waals surface area contributed by atoms with E-state index in [1.807, 2.05) is 0 Å². The van der Waals surface area contributed by atoms with Crippen molar-refractivity contribution in [3.05, 3.63) is 0 Å². The molecule has 0 unspecified atom stereocenters. The van der Waals surface area contributed by atoms with Crippen molar-refractivity contribution in [3.63, 3.8) is 0 Å². The van der Waals surface area contributed by atoms with Gasteiger partial charge in [0, 0.05) is 11.8 Å². The highest BCUT2D eigenvalue weighted by molar-refractivity contribution is 5.87. The molecule has 0 radical (unpaired) electrons. The Morgan fingerprint density at radius 3 is 2.28 bits per heavy atom. The highest BCUT2D eigenvalue weighted by Crippen LogP contribution is 2.34. The molecule has 0 aromatic carbocycles. The zero-order valence-corrected chi connectivity index (χ0v) is 10.4. The van der Waals surface area contributed by atoms with E-state index >= 15 is 0 Å². The van der Waals surface area contributed by atoms with Gasteiger partial charge >= 0.3 is 0 Å². The van der Waals surface area contributed by atoms with Crippen LogP contribution in [0.15, 0.2) is 0 Å². The Labute approximate surface area is 107 Å². The minimum absolute atomic E-state index is 0.169. The first-order valence-corrected chi connectivity index (χ1v) is 6.62. The van der Waals surface area contributed by atoms with Crippen LogP contribution in [0, 0.1) is 29.1 Å². The zero-order valence-electron chi connectivity index (χ0n) is 10.4. The van der Waals surface area contributed by atoms with Gasteiger partial charge in [-0.1, -0.05) is 12.8 Å². The molecule has 2 fully saturated rings. The van der Waals surface area contributed by atoms with E-state index in [2.05, 4.69) is 11.4 Å². The van der Waals surface area contributed by atoms with Crippen LogP contribution < -0.4 is 11.1 Å². The van der Waals surface area contributed by atoms with Gasteiger partial charge in [0.1, 0.15) is 6.04 Å². The Morgan fingerprint density at radius 2 is 1.78 bits per heavy atom. The third-order valence-corrected chi connectivity index (χ3v) is 4.00. The highest BCUT2D eigenvalue weighted by atomic mass is 16.2. The van der Waals surface area contributed by atoms with Crippen LogP contribution in [0.3, 0.4) is 0 Å². The minimum Gasteiger partial charge on any atom is -0.369 e. The number of carbonyl (C=O) groups is 2. The van der Waals surface area contributed by atoms with Crippen LogP contribution in [-0.2, 0) is 9.59 Å². The maximum atomic E-state index is 12.1. The van der Waals surface area contributed by atoms with Crippen molar-refractivity contribution >= 4 is 11.8 Å². The second-order valence-corrected chi connectivity index (χ2v) is 5.35. The van der Waals surface area contributed by atoms with E-state index < -0.39 is 11.9 Å². The monoisotopic (exact) mass is 249 g/mol. The Hall–Kier alpha value is -1.57. The molecule has 18 heavy (non-hydrogen) atoms. The average Bonchev–Trinajstić information content (AvgIpc) is 3.19. The molecule has 0 heterocycles. The lowest BCUT2D eigenvalue weighted by Gasteiger charge is -2.28. The summed E-state index contributed by atoms with van der Waals surface area (Å²) >= 11 is 0. The molecule has 0 bridgehead atoms. The van der Waals surface area contributed by atoms with Crippen molar-refractivity contribution in [3.8, 4) is 6.07 Å². The first kappa shape index (κ1) is 12.9. The molecule has 0 saturated heterocycles. The predicted molar refractivity (Wildman–Crippen MR) is 64.9 cm³/mol. The molecule has 3 atom stereocenters. The summed E-state index contributed by atoms with van der Waals surface area (Å²) in [4.78, 5) is 23.5. The minimum atomic E-state index is -0.395. The normalized spacial score (nSPS) is 29.1. The van der Waals surface area contributed by atoms with Crippen LogP contribution in [0.1, 0.15) is 38.5 Å². The first-order chi connectivity index (χ1) is 8.63. The van der Waals surface area contributed by atoms with Gasteiger partial charge < -0.3 is 11.1 Å². The predicted octanol–water partition coefficient (Wildman–Crippen LogP) is 0.696. The fraction of sp³-hybridized carbons (Fsp3) is 0.769. The van der Waals surface area contributed by atoms with Gasteiger partial charge in [0.05, 0.1) is 6.07 Å². The van der Waals surface area contributed by atoms with E-state index in [4.69, 9.17) is 11.0 Å². The Bertz CT molecular complexity index is 384. The van der Waals surface area contributed by atoms with E-state index in [-0.39, 0.29) is 17.7 Å². The summed E-state index contributed by atoms with van der Waals surface area (Å²) in [6.07, 6.45) is 5.28. The molecule has 2 saturated carbocycles. The summed E-state index contributed by atoms with van der Waals surface area (Å²) in [5.41, 5.74) is 5.35. The molecule has 2 amide bonds. The standard InChI is InChI=1S/C13H19N3O2/c14-7-11(8-5-6-8)16-13(18)10-4-2-1-3-9(10)12(15)17/h8-11H,1-6H2,(H2,15,17)(H,16,18)/t9-,10+,11+/m0/s1. The smallest absolute Gasteiger partial charge is 0.224 e. The number of primary amides is 1. The molecule has 2 aliphatic carbocycles. The number of hydrogen-bond donors (Lipinski definition) is 2. The van der Waals surface area contributed by atoms with Crippen LogP contribution in [0.2, 0.25) is 0 Å². The molecular weight excluding hydrogens is 230 g/mol. The average molecular weight is 249 g/mol. The van der Waals surface area contributed by atoms with Gasteiger partial charge in [-0.15, -0.1) is 0 Å². The van der Waals surface area contributed by atoms with Gasteiger partial charge in [0.2, 0.25) is 11.8 Å². The van der Waals surface area contributed by atoms with Crippen molar-refractivity contribution < 1.29 is 9.59 Å². The van der Waals surface area contributed by atoms with Gasteiger partial charge in [-0.2, -0.15) is 5.26 Å². The highest BCUT2D eigenvalue weighted by Gasteiger charge is 2.38. The van der Waals surface area contributed by atoms with E-state index in [1.165, 1.54) is 0 Å². The molecule has 2 rings (SSSR count). The summed E-state index contributed by atoms with van der Waals surface area (Å²) in [5.74, 6) is -0.968. The SMILES string of the molecule is N#C[C@@H](NC(=O)[C@@H]1CCCC[C@@H]1C(N)=O)C1CC1. The molecule has 5 heteroatoms. The second-order valence-electron chi connectivity index (χ2n) is 5.35. The van der Waals surface area contributed by atoms with Gasteiger partial charge in [-0.25, -0.2) is 0 Å². The number of hydrogen-bond acceptors (Lipinski definition) is 3. The maximum absolute atomic E-state index is 12.1. The summed E-state index contributed by atoms with van der Waals surface area (Å²) in [5, 5.41) is 11.8. The summed E-state index contributed by atoms with van der Waals surface area (Å²) in [6, 6.07) is 1.73. The number of amides is 2. The molecule has 2 aliphatic rings. The summed E-state index contributed by atoms with van der Waals surface area (Å²) in [6.45, 7) is 0. The van der Waals surface area contributed by atoms with Crippen LogP contribution in [0.4, 0.5) is 0 Å². The maximum Gasteiger partial charge on any atom is 0.224 e. The largest absolute Gasteiger partial charge is 0.369 e. The Kier molecular flexibility index (Phi) is 3.85. The third kappa shape index (κ3) is 2.81. The second kappa shape index (κ2) is 5.38. The summed E-state index contributed by atoms with van der Waals surface area (Å²) < 4.78 is 0. The topological polar surface area (TPSA) is 96.0 Å². The lowest BCUT2D eigenvalue weighted by atomic mass is 9.78. The van der Waals surface area contributed by atoms with Crippen molar-refractivity contribution in [1.82, 2.24) is 5.32 Å². The third-order valence-electron chi connectivity index (χ3n) is 4.00. The quantitative estimate of drug-likeness (QED) is 0.767. The van der Waals surface area contributed by atoms with Crippen molar-refractivity contribution in [2.45, 2.75) is 44.6 Å². The molecule has 3 N–H and O–H groups in total. The van der Waals surface area contributed by atoms with Crippen molar-refractivity contribution in [1.29, 1.82) is 5.26 Å². The Morgan fingerprint density at radius 1 is 1.17 bits per heavy atom. The van der Waals surface area contributed by atoms with Gasteiger partial charge in [0.15, 0.2) is 0 Å². The number of rotatable bonds is 4. The number of carbonyl (C=O) groups excluding carboxylic acids is 2. The van der Waals surface area contributed by atoms with E-state index in [0.29, 0.717) is 18.8 Å². The number of nitriles is 1. The van der Waals surface area contributed by atoms with E-state index in [9.17, 15) is 9.59 Å². The van der Waals surface area contributed by atoms with Crippen molar-refractivity contribution in [2.75, 3.05) is 0 Å². The lowest BCUT2D eigenvalue weighted by Crippen LogP contribution is -2.45. The van der Waals surface area contributed by atoms with Crippen LogP contribution in [0.5, 0.6) is 0 Å². The van der Waals surface area contributed by atoms with E-state index in [1.54, 1.807) is 0 Å². The first-order valence-electron chi connectivity index (χ1n) is 6.62. The van der Waals surface area contributed by atoms with Crippen LogP contribution in [0.25, 0.3) is 0 Å². The number of nitrogens with two attached hydrogens (primary N) is 1. The van der Waals surface area contributed by atoms with Gasteiger partial charge in [0.25, 0.3) is 0 Å². The fourth-order valence-corrected chi connectivity index (χ4v) is 2.73. The molecule has 5 nitrogen and oxygen atoms in total. The molecular formula is C13H19N3O2. The molecule has 0 spiro atoms. The molecule has 98 valence electrons. The Balaban J connectivity index is 1.97. The molecule has 0 aliphatic heterocycles. The number of nitrogens with zero attached hydrogens (tertiary/aromatic N) is 1. The van der Waals surface area contributed by atoms with E-state index in [0.717, 1.165) is 25.7 Å². The fourth-order valence-electron chi connectivity index (χ4n) is 2.73. The van der Waals surface area contributed by atoms with Crippen LogP contribution in [-0.4, -0.2) is 17.9 Å². The summed E-state index contributed by atoms with van der Waals surface area (Å²) in [7, 11) is 0. The number of nitrogens with one attached hydrogen (secondary N) is 1.